The number of aryl methyl sites for hydroxylation is 1. The molecule has 37 heavy (non-hydrogen) atoms. The summed E-state index contributed by atoms with van der Waals surface area (Å²) < 4.78 is 4.17. The van der Waals surface area contributed by atoms with Crippen LogP contribution in [0.5, 0.6) is 0 Å². The molecule has 1 aliphatic heterocycles. The summed E-state index contributed by atoms with van der Waals surface area (Å²) in [5.74, 6) is 0.919. The molecule has 1 aromatic carbocycles. The molecule has 0 radical (unpaired) electrons. The summed E-state index contributed by atoms with van der Waals surface area (Å²) in [4.78, 5) is 43.5. The number of hydrogen-bond acceptors (Lipinski definition) is 8. The summed E-state index contributed by atoms with van der Waals surface area (Å²) in [6.45, 7) is 5.10. The molecule has 11 nitrogen and oxygen atoms in total. The van der Waals surface area contributed by atoms with Crippen molar-refractivity contribution >= 4 is 27.9 Å². The molecule has 4 heterocycles. The third-order valence-corrected chi connectivity index (χ3v) is 6.73. The van der Waals surface area contributed by atoms with E-state index in [1.807, 2.05) is 61.2 Å². The summed E-state index contributed by atoms with van der Waals surface area (Å²) in [6.07, 6.45) is 5.61. The van der Waals surface area contributed by atoms with Crippen molar-refractivity contribution in [1.82, 2.24) is 28.9 Å². The number of para-hydroxylation sites is 1. The third kappa shape index (κ3) is 4.40. The average Bonchev–Trinajstić information content (AvgIpc) is 3.28. The summed E-state index contributed by atoms with van der Waals surface area (Å²) in [6, 6.07) is 9.61. The summed E-state index contributed by atoms with van der Waals surface area (Å²) >= 11 is 0. The molecule has 4 aromatic rings. The zero-order valence-electron chi connectivity index (χ0n) is 21.0. The Kier molecular flexibility index (Phi) is 6.58. The molecule has 1 atom stereocenters. The van der Waals surface area contributed by atoms with Crippen molar-refractivity contribution in [1.29, 1.82) is 5.26 Å². The van der Waals surface area contributed by atoms with Gasteiger partial charge in [0.25, 0.3) is 11.1 Å². The minimum absolute atomic E-state index is 0.0103. The number of fused-ring (bicyclic) bond motifs is 2. The van der Waals surface area contributed by atoms with Crippen LogP contribution < -0.4 is 21.8 Å². The molecule has 190 valence electrons. The molecular weight excluding hydrogens is 470 g/mol. The fourth-order valence-corrected chi connectivity index (χ4v) is 4.97. The van der Waals surface area contributed by atoms with Gasteiger partial charge in [0, 0.05) is 36.8 Å². The normalized spacial score (nSPS) is 16.2. The van der Waals surface area contributed by atoms with Gasteiger partial charge in [-0.1, -0.05) is 30.4 Å². The molecule has 1 aliphatic rings. The quantitative estimate of drug-likeness (QED) is 0.395. The molecule has 11 heteroatoms. The molecule has 0 bridgehead atoms. The highest BCUT2D eigenvalue weighted by Gasteiger charge is 2.27. The van der Waals surface area contributed by atoms with Crippen LogP contribution in [0.2, 0.25) is 0 Å². The van der Waals surface area contributed by atoms with Crippen molar-refractivity contribution in [3.8, 4) is 6.07 Å². The monoisotopic (exact) mass is 499 g/mol. The van der Waals surface area contributed by atoms with Gasteiger partial charge in [-0.05, 0) is 32.8 Å². The van der Waals surface area contributed by atoms with Gasteiger partial charge in [-0.15, -0.1) is 0 Å². The number of nitrogens with two attached hydrogens (primary N) is 1. The van der Waals surface area contributed by atoms with Crippen LogP contribution in [0.3, 0.4) is 0 Å². The first kappa shape index (κ1) is 24.4. The lowest BCUT2D eigenvalue weighted by molar-refractivity contribution is 0.470. The number of anilines is 1. The predicted octanol–water partition coefficient (Wildman–Crippen LogP) is 1.69. The Hall–Kier alpha value is -4.30. The van der Waals surface area contributed by atoms with Crippen LogP contribution >= 0.6 is 0 Å². The van der Waals surface area contributed by atoms with Crippen LogP contribution in [-0.2, 0) is 19.6 Å². The number of imidazole rings is 1. The van der Waals surface area contributed by atoms with E-state index in [-0.39, 0.29) is 30.2 Å². The Morgan fingerprint density at radius 2 is 1.97 bits per heavy atom. The van der Waals surface area contributed by atoms with Gasteiger partial charge in [-0.2, -0.15) is 5.26 Å². The molecule has 1 fully saturated rings. The summed E-state index contributed by atoms with van der Waals surface area (Å²) in [5, 5.41) is 10.4. The van der Waals surface area contributed by atoms with E-state index in [0.29, 0.717) is 24.9 Å². The van der Waals surface area contributed by atoms with E-state index < -0.39 is 11.1 Å². The number of benzene rings is 1. The highest BCUT2D eigenvalue weighted by Crippen LogP contribution is 2.23. The number of rotatable bonds is 6. The van der Waals surface area contributed by atoms with Crippen molar-refractivity contribution in [2.75, 3.05) is 18.0 Å². The molecule has 5 rings (SSSR count). The standard InChI is InChI=1S/C26H29N9O2/c1-3-4-13-33-23-22(31-26(33)32-12-7-8-18(28)15-32)24(36)34(14-11-27)35(25(23)37)16-21-29-17(2)19-9-5-6-10-20(19)30-21/h3-6,9-10,18H,7-8,12-16,28H2,1-2H3/b4-3+. The maximum atomic E-state index is 14.0. The lowest BCUT2D eigenvalue weighted by atomic mass is 10.1. The van der Waals surface area contributed by atoms with E-state index in [4.69, 9.17) is 5.73 Å². The van der Waals surface area contributed by atoms with Gasteiger partial charge < -0.3 is 15.2 Å². The van der Waals surface area contributed by atoms with Crippen LogP contribution in [-0.4, -0.2) is 48.0 Å². The molecule has 1 unspecified atom stereocenters. The zero-order valence-corrected chi connectivity index (χ0v) is 21.0. The van der Waals surface area contributed by atoms with Crippen molar-refractivity contribution in [3.05, 3.63) is 68.6 Å². The largest absolute Gasteiger partial charge is 0.341 e. The zero-order chi connectivity index (χ0) is 26.1. The van der Waals surface area contributed by atoms with E-state index in [9.17, 15) is 14.9 Å². The number of hydrogen-bond donors (Lipinski definition) is 1. The van der Waals surface area contributed by atoms with Crippen LogP contribution in [0, 0.1) is 18.3 Å². The maximum Gasteiger partial charge on any atom is 0.294 e. The number of allylic oxidation sites excluding steroid dienone is 2. The first-order chi connectivity index (χ1) is 17.9. The highest BCUT2D eigenvalue weighted by atomic mass is 16.2. The molecular formula is C26H29N9O2. The van der Waals surface area contributed by atoms with Crippen LogP contribution in [0.15, 0.2) is 46.0 Å². The molecule has 0 amide bonds. The molecule has 0 aliphatic carbocycles. The average molecular weight is 500 g/mol. The van der Waals surface area contributed by atoms with Crippen molar-refractivity contribution in [2.24, 2.45) is 5.73 Å². The van der Waals surface area contributed by atoms with Crippen LogP contribution in [0.1, 0.15) is 31.3 Å². The maximum absolute atomic E-state index is 14.0. The summed E-state index contributed by atoms with van der Waals surface area (Å²) in [5.41, 5.74) is 7.05. The van der Waals surface area contributed by atoms with Gasteiger partial charge in [0.1, 0.15) is 18.6 Å². The van der Waals surface area contributed by atoms with Crippen molar-refractivity contribution < 1.29 is 0 Å². The van der Waals surface area contributed by atoms with Crippen molar-refractivity contribution in [3.63, 3.8) is 0 Å². The molecule has 0 saturated carbocycles. The fourth-order valence-electron chi connectivity index (χ4n) is 4.97. The van der Waals surface area contributed by atoms with E-state index in [1.54, 1.807) is 4.57 Å². The van der Waals surface area contributed by atoms with Gasteiger partial charge in [-0.25, -0.2) is 24.3 Å². The SMILES string of the molecule is C/C=C/Cn1c(N2CCCC(N)C2)nc2c(=O)n(CC#N)n(Cc3nc(C)c4ccccc4n3)c(=O)c21. The van der Waals surface area contributed by atoms with Gasteiger partial charge in [0.05, 0.1) is 11.6 Å². The lowest BCUT2D eigenvalue weighted by Gasteiger charge is -2.31. The van der Waals surface area contributed by atoms with E-state index in [2.05, 4.69) is 15.0 Å². The number of piperidine rings is 1. The Balaban J connectivity index is 1.73. The number of aromatic nitrogens is 6. The van der Waals surface area contributed by atoms with Gasteiger partial charge in [0.2, 0.25) is 5.95 Å². The Morgan fingerprint density at radius 3 is 2.73 bits per heavy atom. The minimum atomic E-state index is -0.504. The smallest absolute Gasteiger partial charge is 0.294 e. The van der Waals surface area contributed by atoms with Crippen LogP contribution in [0.4, 0.5) is 5.95 Å². The Labute approximate surface area is 213 Å². The lowest BCUT2D eigenvalue weighted by Crippen LogP contribution is -2.44. The van der Waals surface area contributed by atoms with Gasteiger partial charge in [-0.3, -0.25) is 9.59 Å². The number of nitriles is 1. The van der Waals surface area contributed by atoms with Crippen molar-refractivity contribution in [2.45, 2.75) is 52.4 Å². The first-order valence-electron chi connectivity index (χ1n) is 12.4. The third-order valence-electron chi connectivity index (χ3n) is 6.73. The fraction of sp³-hybridized carbons (Fsp3) is 0.385. The highest BCUT2D eigenvalue weighted by molar-refractivity contribution is 5.80. The van der Waals surface area contributed by atoms with Gasteiger partial charge in [0.15, 0.2) is 11.3 Å². The van der Waals surface area contributed by atoms with E-state index in [0.717, 1.165) is 40.7 Å². The Morgan fingerprint density at radius 1 is 1.16 bits per heavy atom. The molecule has 0 spiro atoms. The van der Waals surface area contributed by atoms with E-state index in [1.165, 1.54) is 4.68 Å². The van der Waals surface area contributed by atoms with E-state index >= 15 is 0 Å². The predicted molar refractivity (Wildman–Crippen MR) is 141 cm³/mol. The molecule has 1 saturated heterocycles. The molecule has 2 N–H and O–H groups in total. The second-order valence-corrected chi connectivity index (χ2v) is 9.26. The topological polar surface area (TPSA) is 141 Å². The number of nitrogens with zero attached hydrogens (tertiary/aromatic N) is 8. The molecule has 3 aromatic heterocycles. The Bertz CT molecular complexity index is 1670. The minimum Gasteiger partial charge on any atom is -0.341 e. The first-order valence-corrected chi connectivity index (χ1v) is 12.4. The van der Waals surface area contributed by atoms with Crippen LogP contribution in [0.25, 0.3) is 21.9 Å². The second-order valence-electron chi connectivity index (χ2n) is 9.26. The summed E-state index contributed by atoms with van der Waals surface area (Å²) in [7, 11) is 0. The second kappa shape index (κ2) is 9.99. The van der Waals surface area contributed by atoms with Gasteiger partial charge >= 0.3 is 0 Å².